The van der Waals surface area contributed by atoms with E-state index in [2.05, 4.69) is 48.5 Å². The van der Waals surface area contributed by atoms with Gasteiger partial charge in [0.2, 0.25) is 11.8 Å². The predicted octanol–water partition coefficient (Wildman–Crippen LogP) is 3.88. The quantitative estimate of drug-likeness (QED) is 0.633. The predicted molar refractivity (Wildman–Crippen MR) is 107 cm³/mol. The first-order valence-electron chi connectivity index (χ1n) is 8.76. The number of benzene rings is 3. The monoisotopic (exact) mass is 393 g/mol. The van der Waals surface area contributed by atoms with Gasteiger partial charge in [-0.15, -0.1) is 0 Å². The smallest absolute Gasteiger partial charge is 0.273 e. The molecule has 1 saturated heterocycles. The Bertz CT molecular complexity index is 996. The first-order valence-corrected chi connectivity index (χ1v) is 10.2. The molecule has 0 atom stereocenters. The van der Waals surface area contributed by atoms with Gasteiger partial charge in [0.25, 0.3) is 10.0 Å². The normalized spacial score (nSPS) is 13.8. The molecule has 0 N–H and O–H groups in total. The lowest BCUT2D eigenvalue weighted by Crippen LogP contribution is -2.35. The lowest BCUT2D eigenvalue weighted by Gasteiger charge is -2.13. The van der Waals surface area contributed by atoms with Crippen molar-refractivity contribution >= 4 is 21.8 Å². The number of hydrogen-bond acceptors (Lipinski definition) is 4. The van der Waals surface area contributed by atoms with E-state index in [0.29, 0.717) is 4.31 Å². The van der Waals surface area contributed by atoms with Crippen molar-refractivity contribution < 1.29 is 18.0 Å². The summed E-state index contributed by atoms with van der Waals surface area (Å²) in [6, 6.07) is 28.2. The van der Waals surface area contributed by atoms with Gasteiger partial charge >= 0.3 is 0 Å². The standard InChI is InChI=1S/C12H10.C10H9NO4S/c1-3-7-11(8-4-1)12-9-5-2-6-10-12;12-9-6-7-10(13)11(9)16(14,15)8-4-2-1-3-5-8/h1-10H;1-5H,6-7H2. The molecule has 5 nitrogen and oxygen atoms in total. The van der Waals surface area contributed by atoms with E-state index in [1.165, 1.54) is 35.4 Å². The van der Waals surface area contributed by atoms with Gasteiger partial charge < -0.3 is 0 Å². The van der Waals surface area contributed by atoms with Crippen LogP contribution in [0, 0.1) is 0 Å². The number of rotatable bonds is 3. The van der Waals surface area contributed by atoms with E-state index in [1.54, 1.807) is 6.07 Å². The minimum absolute atomic E-state index is 0.0368. The summed E-state index contributed by atoms with van der Waals surface area (Å²) < 4.78 is 24.2. The summed E-state index contributed by atoms with van der Waals surface area (Å²) >= 11 is 0. The van der Waals surface area contributed by atoms with Crippen molar-refractivity contribution in [2.24, 2.45) is 0 Å². The Labute approximate surface area is 164 Å². The summed E-state index contributed by atoms with van der Waals surface area (Å²) in [5.41, 5.74) is 2.55. The van der Waals surface area contributed by atoms with Crippen LogP contribution in [-0.4, -0.2) is 24.5 Å². The van der Waals surface area contributed by atoms with Crippen molar-refractivity contribution in [2.75, 3.05) is 0 Å². The van der Waals surface area contributed by atoms with Crippen LogP contribution in [0.2, 0.25) is 0 Å². The zero-order valence-corrected chi connectivity index (χ0v) is 15.9. The van der Waals surface area contributed by atoms with Crippen LogP contribution in [0.1, 0.15) is 12.8 Å². The molecule has 0 aliphatic carbocycles. The summed E-state index contributed by atoms with van der Waals surface area (Å²) in [7, 11) is -4.00. The number of nitrogens with zero attached hydrogens (tertiary/aromatic N) is 1. The van der Waals surface area contributed by atoms with Crippen LogP contribution in [0.5, 0.6) is 0 Å². The molecule has 4 rings (SSSR count). The SMILES string of the molecule is O=C1CCC(=O)N1S(=O)(=O)c1ccccc1.c1ccc(-c2ccccc2)cc1. The minimum Gasteiger partial charge on any atom is -0.273 e. The molecule has 1 aliphatic heterocycles. The fourth-order valence-corrected chi connectivity index (χ4v) is 4.21. The topological polar surface area (TPSA) is 71.5 Å². The molecule has 0 spiro atoms. The lowest BCUT2D eigenvalue weighted by molar-refractivity contribution is -0.132. The molecule has 6 heteroatoms. The van der Waals surface area contributed by atoms with E-state index in [-0.39, 0.29) is 17.7 Å². The molecule has 1 aliphatic rings. The molecule has 1 fully saturated rings. The van der Waals surface area contributed by atoms with Crippen molar-refractivity contribution in [3.63, 3.8) is 0 Å². The fourth-order valence-electron chi connectivity index (χ4n) is 2.78. The van der Waals surface area contributed by atoms with Gasteiger partial charge in [-0.1, -0.05) is 78.9 Å². The number of amides is 2. The second-order valence-corrected chi connectivity index (χ2v) is 7.89. The van der Waals surface area contributed by atoms with E-state index in [1.807, 2.05) is 12.1 Å². The maximum atomic E-state index is 11.9. The number of carbonyl (C=O) groups excluding carboxylic acids is 2. The van der Waals surface area contributed by atoms with Crippen LogP contribution in [-0.2, 0) is 19.6 Å². The molecule has 0 bridgehead atoms. The van der Waals surface area contributed by atoms with E-state index in [4.69, 9.17) is 0 Å². The molecule has 2 amide bonds. The highest BCUT2D eigenvalue weighted by atomic mass is 32.2. The van der Waals surface area contributed by atoms with Gasteiger partial charge in [-0.3, -0.25) is 9.59 Å². The van der Waals surface area contributed by atoms with Crippen molar-refractivity contribution in [3.8, 4) is 11.1 Å². The van der Waals surface area contributed by atoms with Gasteiger partial charge in [0.1, 0.15) is 0 Å². The molecule has 1 heterocycles. The second kappa shape index (κ2) is 8.63. The van der Waals surface area contributed by atoms with Crippen molar-refractivity contribution in [1.82, 2.24) is 4.31 Å². The first kappa shape index (κ1) is 19.5. The number of sulfonamides is 1. The average Bonchev–Trinajstić information content (AvgIpc) is 3.09. The van der Waals surface area contributed by atoms with Gasteiger partial charge in [-0.25, -0.2) is 8.42 Å². The van der Waals surface area contributed by atoms with E-state index in [0.717, 1.165) is 0 Å². The first-order chi connectivity index (χ1) is 13.5. The van der Waals surface area contributed by atoms with E-state index < -0.39 is 21.8 Å². The molecule has 28 heavy (non-hydrogen) atoms. The Morgan fingerprint density at radius 3 is 1.32 bits per heavy atom. The van der Waals surface area contributed by atoms with Crippen LogP contribution in [0.15, 0.2) is 95.9 Å². The highest BCUT2D eigenvalue weighted by molar-refractivity contribution is 7.90. The molecule has 0 saturated carbocycles. The third kappa shape index (κ3) is 4.35. The summed E-state index contributed by atoms with van der Waals surface area (Å²) in [5.74, 6) is -1.32. The summed E-state index contributed by atoms with van der Waals surface area (Å²) in [4.78, 5) is 22.6. The van der Waals surface area contributed by atoms with Gasteiger partial charge in [0, 0.05) is 12.8 Å². The third-order valence-corrected chi connectivity index (χ3v) is 5.92. The maximum absolute atomic E-state index is 11.9. The van der Waals surface area contributed by atoms with Crippen molar-refractivity contribution in [3.05, 3.63) is 91.0 Å². The molecule has 3 aromatic rings. The van der Waals surface area contributed by atoms with Crippen LogP contribution in [0.25, 0.3) is 11.1 Å². The summed E-state index contributed by atoms with van der Waals surface area (Å²) in [6.07, 6.45) is -0.0736. The van der Waals surface area contributed by atoms with Crippen LogP contribution in [0.3, 0.4) is 0 Å². The maximum Gasteiger partial charge on any atom is 0.273 e. The van der Waals surface area contributed by atoms with Gasteiger partial charge in [-0.05, 0) is 23.3 Å². The molecule has 0 radical (unpaired) electrons. The van der Waals surface area contributed by atoms with Crippen LogP contribution < -0.4 is 0 Å². The molecule has 0 aromatic heterocycles. The number of hydrogen-bond donors (Lipinski definition) is 0. The zero-order chi connectivity index (χ0) is 20.0. The Morgan fingerprint density at radius 1 is 0.571 bits per heavy atom. The van der Waals surface area contributed by atoms with Crippen molar-refractivity contribution in [1.29, 1.82) is 0 Å². The minimum atomic E-state index is -4.00. The Hall–Kier alpha value is -3.25. The molecule has 142 valence electrons. The fraction of sp³-hybridized carbons (Fsp3) is 0.0909. The Balaban J connectivity index is 0.000000167. The molecule has 3 aromatic carbocycles. The third-order valence-electron chi connectivity index (χ3n) is 4.17. The van der Waals surface area contributed by atoms with Gasteiger partial charge in [-0.2, -0.15) is 4.31 Å². The number of imide groups is 1. The van der Waals surface area contributed by atoms with Gasteiger partial charge in [0.15, 0.2) is 0 Å². The highest BCUT2D eigenvalue weighted by Crippen LogP contribution is 2.22. The highest BCUT2D eigenvalue weighted by Gasteiger charge is 2.39. The van der Waals surface area contributed by atoms with Gasteiger partial charge in [0.05, 0.1) is 4.90 Å². The largest absolute Gasteiger partial charge is 0.273 e. The Kier molecular flexibility index (Phi) is 6.01. The number of carbonyl (C=O) groups is 2. The Morgan fingerprint density at radius 2 is 0.929 bits per heavy atom. The zero-order valence-electron chi connectivity index (χ0n) is 15.1. The summed E-state index contributed by atoms with van der Waals surface area (Å²) in [5, 5.41) is 0. The average molecular weight is 393 g/mol. The molecule has 0 unspecified atom stereocenters. The van der Waals surface area contributed by atoms with E-state index in [9.17, 15) is 18.0 Å². The van der Waals surface area contributed by atoms with Crippen LogP contribution in [0.4, 0.5) is 0 Å². The molecular weight excluding hydrogens is 374 g/mol. The van der Waals surface area contributed by atoms with Crippen LogP contribution >= 0.6 is 0 Å². The second-order valence-electron chi connectivity index (χ2n) is 6.10. The molecular formula is C22H19NO4S. The van der Waals surface area contributed by atoms with E-state index >= 15 is 0 Å². The van der Waals surface area contributed by atoms with Crippen molar-refractivity contribution in [2.45, 2.75) is 17.7 Å². The summed E-state index contributed by atoms with van der Waals surface area (Å²) in [6.45, 7) is 0. The lowest BCUT2D eigenvalue weighted by atomic mass is 10.1.